The molecular formula is C21H42O4. The summed E-state index contributed by atoms with van der Waals surface area (Å²) < 4.78 is 9.86. The van der Waals surface area contributed by atoms with Gasteiger partial charge in [-0.05, 0) is 19.3 Å². The van der Waals surface area contributed by atoms with Gasteiger partial charge < -0.3 is 14.6 Å². The van der Waals surface area contributed by atoms with Gasteiger partial charge in [-0.1, -0.05) is 77.6 Å². The van der Waals surface area contributed by atoms with Crippen molar-refractivity contribution >= 4 is 5.97 Å². The summed E-state index contributed by atoms with van der Waals surface area (Å²) in [5.74, 6) is -0.106. The van der Waals surface area contributed by atoms with Crippen LogP contribution in [0.25, 0.3) is 0 Å². The van der Waals surface area contributed by atoms with Crippen LogP contribution in [0.2, 0.25) is 0 Å². The fraction of sp³-hybridized carbons (Fsp3) is 0.952. The monoisotopic (exact) mass is 358 g/mol. The van der Waals surface area contributed by atoms with Crippen LogP contribution in [-0.2, 0) is 14.3 Å². The molecule has 0 bridgehead atoms. The molecule has 150 valence electrons. The fourth-order valence-corrected chi connectivity index (χ4v) is 2.97. The SMILES string of the molecule is CCCCCC[C@@H](O)CCCCCCCCCCC(=O)OCCOC. The van der Waals surface area contributed by atoms with Crippen LogP contribution in [0.5, 0.6) is 0 Å². The maximum Gasteiger partial charge on any atom is 0.305 e. The van der Waals surface area contributed by atoms with Crippen LogP contribution >= 0.6 is 0 Å². The molecule has 0 heterocycles. The second kappa shape index (κ2) is 19.7. The summed E-state index contributed by atoms with van der Waals surface area (Å²) in [5, 5.41) is 9.92. The molecule has 0 aliphatic carbocycles. The minimum Gasteiger partial charge on any atom is -0.463 e. The molecule has 0 aromatic carbocycles. The molecule has 0 spiro atoms. The molecule has 4 heteroatoms. The zero-order valence-electron chi connectivity index (χ0n) is 16.8. The average Bonchev–Trinajstić information content (AvgIpc) is 2.60. The van der Waals surface area contributed by atoms with Crippen LogP contribution in [0.15, 0.2) is 0 Å². The van der Waals surface area contributed by atoms with Gasteiger partial charge in [0.2, 0.25) is 0 Å². The molecule has 0 radical (unpaired) electrons. The van der Waals surface area contributed by atoms with E-state index in [4.69, 9.17) is 9.47 Å². The number of methoxy groups -OCH3 is 1. The Hall–Kier alpha value is -0.610. The van der Waals surface area contributed by atoms with Crippen LogP contribution in [0.1, 0.15) is 103 Å². The topological polar surface area (TPSA) is 55.8 Å². The molecule has 0 aromatic heterocycles. The standard InChI is InChI=1S/C21H42O4/c1-3-4-5-12-15-20(22)16-13-10-8-6-7-9-11-14-17-21(23)25-19-18-24-2/h20,22H,3-19H2,1-2H3/t20-/m1/s1. The largest absolute Gasteiger partial charge is 0.463 e. The zero-order chi connectivity index (χ0) is 18.6. The molecule has 0 fully saturated rings. The Morgan fingerprint density at radius 2 is 1.32 bits per heavy atom. The first-order valence-corrected chi connectivity index (χ1v) is 10.5. The zero-order valence-corrected chi connectivity index (χ0v) is 16.8. The number of esters is 1. The summed E-state index contributed by atoms with van der Waals surface area (Å²) in [7, 11) is 1.60. The number of carbonyl (C=O) groups is 1. The molecular weight excluding hydrogens is 316 g/mol. The first kappa shape index (κ1) is 24.4. The van der Waals surface area contributed by atoms with Crippen molar-refractivity contribution in [2.24, 2.45) is 0 Å². The minimum absolute atomic E-state index is 0.0829. The Kier molecular flexibility index (Phi) is 19.2. The summed E-state index contributed by atoms with van der Waals surface area (Å²) in [6.45, 7) is 3.05. The predicted molar refractivity (Wildman–Crippen MR) is 104 cm³/mol. The molecule has 0 aromatic rings. The maximum absolute atomic E-state index is 11.4. The number of hydrogen-bond acceptors (Lipinski definition) is 4. The predicted octanol–water partition coefficient (Wildman–Crippen LogP) is 5.41. The lowest BCUT2D eigenvalue weighted by Gasteiger charge is -2.10. The lowest BCUT2D eigenvalue weighted by molar-refractivity contribution is -0.145. The Morgan fingerprint density at radius 1 is 0.800 bits per heavy atom. The van der Waals surface area contributed by atoms with Gasteiger partial charge in [0.25, 0.3) is 0 Å². The number of hydrogen-bond donors (Lipinski definition) is 1. The fourth-order valence-electron chi connectivity index (χ4n) is 2.97. The average molecular weight is 359 g/mol. The molecule has 0 saturated heterocycles. The van der Waals surface area contributed by atoms with Crippen LogP contribution < -0.4 is 0 Å². The summed E-state index contributed by atoms with van der Waals surface area (Å²) in [6.07, 6.45) is 16.8. The van der Waals surface area contributed by atoms with Crippen LogP contribution in [0.3, 0.4) is 0 Å². The van der Waals surface area contributed by atoms with Gasteiger partial charge in [0.05, 0.1) is 12.7 Å². The number of unbranched alkanes of at least 4 members (excludes halogenated alkanes) is 10. The third-order valence-electron chi connectivity index (χ3n) is 4.61. The molecule has 25 heavy (non-hydrogen) atoms. The van der Waals surface area contributed by atoms with Crippen LogP contribution in [-0.4, -0.2) is 37.5 Å². The highest BCUT2D eigenvalue weighted by Gasteiger charge is 2.04. The second-order valence-corrected chi connectivity index (χ2v) is 7.08. The maximum atomic E-state index is 11.4. The van der Waals surface area contributed by atoms with Gasteiger partial charge in [-0.25, -0.2) is 0 Å². The van der Waals surface area contributed by atoms with Crippen molar-refractivity contribution in [1.29, 1.82) is 0 Å². The van der Waals surface area contributed by atoms with Crippen LogP contribution in [0.4, 0.5) is 0 Å². The van der Waals surface area contributed by atoms with E-state index in [-0.39, 0.29) is 12.1 Å². The number of ether oxygens (including phenoxy) is 2. The van der Waals surface area contributed by atoms with Gasteiger partial charge in [-0.15, -0.1) is 0 Å². The summed E-state index contributed by atoms with van der Waals surface area (Å²) >= 11 is 0. The van der Waals surface area contributed by atoms with Crippen molar-refractivity contribution in [3.63, 3.8) is 0 Å². The first-order chi connectivity index (χ1) is 12.2. The molecule has 0 aliphatic rings. The third-order valence-corrected chi connectivity index (χ3v) is 4.61. The second-order valence-electron chi connectivity index (χ2n) is 7.08. The Morgan fingerprint density at radius 3 is 1.88 bits per heavy atom. The number of rotatable bonds is 19. The highest BCUT2D eigenvalue weighted by molar-refractivity contribution is 5.69. The normalized spacial score (nSPS) is 12.3. The summed E-state index contributed by atoms with van der Waals surface area (Å²) in [6, 6.07) is 0. The van der Waals surface area contributed by atoms with Crippen molar-refractivity contribution in [3.05, 3.63) is 0 Å². The molecule has 1 N–H and O–H groups in total. The number of aliphatic hydroxyl groups excluding tert-OH is 1. The van der Waals surface area contributed by atoms with Crippen molar-refractivity contribution < 1.29 is 19.4 Å². The van der Waals surface area contributed by atoms with Gasteiger partial charge in [-0.2, -0.15) is 0 Å². The third kappa shape index (κ3) is 19.6. The van der Waals surface area contributed by atoms with E-state index < -0.39 is 0 Å². The van der Waals surface area contributed by atoms with E-state index in [2.05, 4.69) is 6.92 Å². The van der Waals surface area contributed by atoms with Crippen LogP contribution in [0, 0.1) is 0 Å². The Bertz CT molecular complexity index is 281. The molecule has 0 aliphatic heterocycles. The van der Waals surface area contributed by atoms with E-state index in [1.807, 2.05) is 0 Å². The van der Waals surface area contributed by atoms with Crippen molar-refractivity contribution in [3.8, 4) is 0 Å². The van der Waals surface area contributed by atoms with E-state index in [0.29, 0.717) is 19.6 Å². The lowest BCUT2D eigenvalue weighted by Crippen LogP contribution is -2.09. The van der Waals surface area contributed by atoms with Gasteiger partial charge >= 0.3 is 5.97 Å². The van der Waals surface area contributed by atoms with Crippen molar-refractivity contribution in [2.45, 2.75) is 109 Å². The first-order valence-electron chi connectivity index (χ1n) is 10.5. The smallest absolute Gasteiger partial charge is 0.305 e. The summed E-state index contributed by atoms with van der Waals surface area (Å²) in [4.78, 5) is 11.4. The lowest BCUT2D eigenvalue weighted by atomic mass is 10.0. The van der Waals surface area contributed by atoms with Crippen molar-refractivity contribution in [2.75, 3.05) is 20.3 Å². The Balaban J connectivity index is 3.19. The quantitative estimate of drug-likeness (QED) is 0.248. The van der Waals surface area contributed by atoms with E-state index in [1.54, 1.807) is 7.11 Å². The molecule has 0 amide bonds. The van der Waals surface area contributed by atoms with Gasteiger partial charge in [0, 0.05) is 13.5 Å². The van der Waals surface area contributed by atoms with Gasteiger partial charge in [0.15, 0.2) is 0 Å². The van der Waals surface area contributed by atoms with Gasteiger partial charge in [-0.3, -0.25) is 4.79 Å². The molecule has 4 nitrogen and oxygen atoms in total. The summed E-state index contributed by atoms with van der Waals surface area (Å²) in [5.41, 5.74) is 0. The van der Waals surface area contributed by atoms with Gasteiger partial charge in [0.1, 0.15) is 6.61 Å². The highest BCUT2D eigenvalue weighted by atomic mass is 16.6. The highest BCUT2D eigenvalue weighted by Crippen LogP contribution is 2.14. The van der Waals surface area contributed by atoms with E-state index in [1.165, 1.54) is 57.8 Å². The van der Waals surface area contributed by atoms with E-state index in [0.717, 1.165) is 32.1 Å². The molecule has 1 atom stereocenters. The minimum atomic E-state index is -0.106. The molecule has 0 unspecified atom stereocenters. The van der Waals surface area contributed by atoms with E-state index in [9.17, 15) is 9.90 Å². The van der Waals surface area contributed by atoms with Crippen molar-refractivity contribution in [1.82, 2.24) is 0 Å². The molecule has 0 saturated carbocycles. The molecule has 0 rings (SSSR count). The van der Waals surface area contributed by atoms with E-state index >= 15 is 0 Å². The number of carbonyl (C=O) groups excluding carboxylic acids is 1. The number of aliphatic hydroxyl groups is 1. The Labute approximate surface area is 155 Å².